The maximum absolute atomic E-state index is 13.0. The molecule has 0 fully saturated rings. The van der Waals surface area contributed by atoms with Gasteiger partial charge in [0.05, 0.1) is 23.9 Å². The lowest BCUT2D eigenvalue weighted by atomic mass is 10.1. The summed E-state index contributed by atoms with van der Waals surface area (Å²) >= 11 is 0. The molecule has 2 aromatic heterocycles. The van der Waals surface area contributed by atoms with Gasteiger partial charge in [-0.25, -0.2) is 4.98 Å². The van der Waals surface area contributed by atoms with Gasteiger partial charge >= 0.3 is 6.18 Å². The summed E-state index contributed by atoms with van der Waals surface area (Å²) in [6, 6.07) is 14.8. The fraction of sp³-hybridized carbons (Fsp3) is 0.136. The van der Waals surface area contributed by atoms with Gasteiger partial charge in [-0.3, -0.25) is 0 Å². The molecule has 0 atom stereocenters. The fourth-order valence-corrected chi connectivity index (χ4v) is 3.35. The molecule has 1 N–H and O–H groups in total. The summed E-state index contributed by atoms with van der Waals surface area (Å²) in [6.45, 7) is 1.94. The van der Waals surface area contributed by atoms with Crippen LogP contribution in [0.1, 0.15) is 11.1 Å². The largest absolute Gasteiger partial charge is 0.497 e. The normalized spacial score (nSPS) is 11.6. The van der Waals surface area contributed by atoms with Crippen LogP contribution in [0.4, 0.5) is 24.7 Å². The van der Waals surface area contributed by atoms with Gasteiger partial charge in [-0.2, -0.15) is 13.2 Å². The van der Waals surface area contributed by atoms with Gasteiger partial charge in [0.1, 0.15) is 5.75 Å². The first kappa shape index (κ1) is 18.9. The SMILES string of the molecule is COc1cccc(-c2cc(C)c3c(Nc4cccc(C(F)(F)F)c4)nccn23)c1. The first-order valence-electron chi connectivity index (χ1n) is 8.92. The highest BCUT2D eigenvalue weighted by atomic mass is 19.4. The van der Waals surface area contributed by atoms with Crippen LogP contribution in [0, 0.1) is 6.92 Å². The molecule has 4 rings (SSSR count). The minimum atomic E-state index is -4.40. The fourth-order valence-electron chi connectivity index (χ4n) is 3.35. The number of rotatable bonds is 4. The number of benzene rings is 2. The van der Waals surface area contributed by atoms with Crippen LogP contribution in [-0.4, -0.2) is 16.5 Å². The smallest absolute Gasteiger partial charge is 0.416 e. The quantitative estimate of drug-likeness (QED) is 0.453. The molecule has 29 heavy (non-hydrogen) atoms. The van der Waals surface area contributed by atoms with Gasteiger partial charge in [0.15, 0.2) is 5.82 Å². The maximum Gasteiger partial charge on any atom is 0.416 e. The highest BCUT2D eigenvalue weighted by Crippen LogP contribution is 2.34. The van der Waals surface area contributed by atoms with Crippen LogP contribution in [0.3, 0.4) is 0 Å². The number of nitrogens with zero attached hydrogens (tertiary/aromatic N) is 2. The third-order valence-corrected chi connectivity index (χ3v) is 4.69. The number of aromatic nitrogens is 2. The molecule has 0 radical (unpaired) electrons. The van der Waals surface area contributed by atoms with E-state index < -0.39 is 11.7 Å². The number of anilines is 2. The van der Waals surface area contributed by atoms with Gasteiger partial charge in [0.2, 0.25) is 0 Å². The molecule has 0 unspecified atom stereocenters. The lowest BCUT2D eigenvalue weighted by Gasteiger charge is -2.12. The monoisotopic (exact) mass is 397 g/mol. The molecular weight excluding hydrogens is 379 g/mol. The van der Waals surface area contributed by atoms with E-state index >= 15 is 0 Å². The van der Waals surface area contributed by atoms with E-state index in [4.69, 9.17) is 4.74 Å². The van der Waals surface area contributed by atoms with Crippen molar-refractivity contribution in [2.75, 3.05) is 12.4 Å². The predicted molar refractivity (Wildman–Crippen MR) is 107 cm³/mol. The topological polar surface area (TPSA) is 38.6 Å². The lowest BCUT2D eigenvalue weighted by molar-refractivity contribution is -0.137. The molecule has 148 valence electrons. The minimum absolute atomic E-state index is 0.323. The van der Waals surface area contributed by atoms with Gasteiger partial charge in [0.25, 0.3) is 0 Å². The number of alkyl halides is 3. The predicted octanol–water partition coefficient (Wildman–Crippen LogP) is 6.08. The molecule has 0 aliphatic heterocycles. The third-order valence-electron chi connectivity index (χ3n) is 4.69. The van der Waals surface area contributed by atoms with Gasteiger partial charge in [-0.15, -0.1) is 0 Å². The Hall–Kier alpha value is -3.48. The molecule has 4 nitrogen and oxygen atoms in total. The van der Waals surface area contributed by atoms with E-state index in [2.05, 4.69) is 10.3 Å². The Kier molecular flexibility index (Phi) is 4.66. The molecule has 4 aromatic rings. The molecule has 7 heteroatoms. The van der Waals surface area contributed by atoms with Crippen LogP contribution in [0.25, 0.3) is 16.8 Å². The van der Waals surface area contributed by atoms with E-state index in [1.165, 1.54) is 6.07 Å². The van der Waals surface area contributed by atoms with Crippen molar-refractivity contribution < 1.29 is 17.9 Å². The van der Waals surface area contributed by atoms with Crippen LogP contribution in [-0.2, 0) is 6.18 Å². The number of ether oxygens (including phenoxy) is 1. The summed E-state index contributed by atoms with van der Waals surface area (Å²) in [6.07, 6.45) is -0.956. The van der Waals surface area contributed by atoms with Crippen molar-refractivity contribution in [3.63, 3.8) is 0 Å². The zero-order valence-electron chi connectivity index (χ0n) is 15.8. The van der Waals surface area contributed by atoms with Crippen LogP contribution in [0.15, 0.2) is 67.0 Å². The molecule has 2 aromatic carbocycles. The van der Waals surface area contributed by atoms with Crippen molar-refractivity contribution in [1.29, 1.82) is 0 Å². The number of aryl methyl sites for hydroxylation is 1. The summed E-state index contributed by atoms with van der Waals surface area (Å²) in [4.78, 5) is 4.36. The van der Waals surface area contributed by atoms with Gasteiger partial charge in [-0.05, 0) is 48.9 Å². The Labute approximate surface area is 165 Å². The zero-order valence-corrected chi connectivity index (χ0v) is 15.8. The Balaban J connectivity index is 1.79. The highest BCUT2D eigenvalue weighted by molar-refractivity contribution is 5.82. The van der Waals surface area contributed by atoms with E-state index in [1.54, 1.807) is 19.4 Å². The van der Waals surface area contributed by atoms with Crippen LogP contribution in [0.2, 0.25) is 0 Å². The summed E-state index contributed by atoms with van der Waals surface area (Å²) in [5.41, 5.74) is 3.25. The first-order chi connectivity index (χ1) is 13.9. The van der Waals surface area contributed by atoms with Crippen LogP contribution < -0.4 is 10.1 Å². The minimum Gasteiger partial charge on any atom is -0.497 e. The van der Waals surface area contributed by atoms with Crippen molar-refractivity contribution in [1.82, 2.24) is 9.38 Å². The van der Waals surface area contributed by atoms with Crippen molar-refractivity contribution in [3.05, 3.63) is 78.1 Å². The van der Waals surface area contributed by atoms with Gasteiger partial charge in [-0.1, -0.05) is 18.2 Å². The average molecular weight is 397 g/mol. The summed E-state index contributed by atoms with van der Waals surface area (Å²) < 4.78 is 46.3. The van der Waals surface area contributed by atoms with Crippen molar-refractivity contribution in [2.24, 2.45) is 0 Å². The maximum atomic E-state index is 13.0. The second kappa shape index (κ2) is 7.16. The highest BCUT2D eigenvalue weighted by Gasteiger charge is 2.30. The molecule has 0 aliphatic rings. The van der Waals surface area contributed by atoms with Crippen molar-refractivity contribution in [3.8, 4) is 17.0 Å². The second-order valence-electron chi connectivity index (χ2n) is 6.64. The average Bonchev–Trinajstić information content (AvgIpc) is 3.05. The molecular formula is C22H18F3N3O. The molecule has 0 saturated carbocycles. The molecule has 2 heterocycles. The van der Waals surface area contributed by atoms with Crippen LogP contribution in [0.5, 0.6) is 5.75 Å². The van der Waals surface area contributed by atoms with E-state index in [1.807, 2.05) is 47.9 Å². The lowest BCUT2D eigenvalue weighted by Crippen LogP contribution is -2.05. The number of hydrogen-bond acceptors (Lipinski definition) is 3. The summed E-state index contributed by atoms with van der Waals surface area (Å²) in [5.74, 6) is 1.23. The second-order valence-corrected chi connectivity index (χ2v) is 6.64. The number of methoxy groups -OCH3 is 1. The number of fused-ring (bicyclic) bond motifs is 1. The molecule has 0 amide bonds. The van der Waals surface area contributed by atoms with E-state index in [9.17, 15) is 13.2 Å². The van der Waals surface area contributed by atoms with Crippen molar-refractivity contribution in [2.45, 2.75) is 13.1 Å². The zero-order chi connectivity index (χ0) is 20.6. The Morgan fingerprint density at radius 3 is 2.59 bits per heavy atom. The third kappa shape index (κ3) is 3.63. The summed E-state index contributed by atoms with van der Waals surface area (Å²) in [7, 11) is 1.61. The molecule has 0 aliphatic carbocycles. The van der Waals surface area contributed by atoms with Crippen LogP contribution >= 0.6 is 0 Å². The van der Waals surface area contributed by atoms with E-state index in [0.717, 1.165) is 40.2 Å². The first-order valence-corrected chi connectivity index (χ1v) is 8.92. The van der Waals surface area contributed by atoms with E-state index in [-0.39, 0.29) is 0 Å². The Morgan fingerprint density at radius 1 is 1.03 bits per heavy atom. The number of nitrogens with one attached hydrogen (secondary N) is 1. The number of hydrogen-bond donors (Lipinski definition) is 1. The van der Waals surface area contributed by atoms with Gasteiger partial charge < -0.3 is 14.5 Å². The van der Waals surface area contributed by atoms with Gasteiger partial charge in [0, 0.05) is 23.6 Å². The molecule has 0 saturated heterocycles. The standard InChI is InChI=1S/C22H18F3N3O/c1-14-11-19(15-5-3-8-18(12-15)29-2)28-10-9-26-21(20(14)28)27-17-7-4-6-16(13-17)22(23,24)25/h3-13H,1-2H3,(H,26,27). The molecule has 0 bridgehead atoms. The van der Waals surface area contributed by atoms with E-state index in [0.29, 0.717) is 11.5 Å². The molecule has 0 spiro atoms. The summed E-state index contributed by atoms with van der Waals surface area (Å²) in [5, 5.41) is 3.03. The Bertz CT molecular complexity index is 1180. The number of halogens is 3. The van der Waals surface area contributed by atoms with Crippen molar-refractivity contribution >= 4 is 17.0 Å². The Morgan fingerprint density at radius 2 is 1.83 bits per heavy atom.